The van der Waals surface area contributed by atoms with E-state index in [1.807, 2.05) is 30.3 Å². The molecular weight excluding hydrogens is 511 g/mol. The number of aromatic nitrogens is 5. The summed E-state index contributed by atoms with van der Waals surface area (Å²) in [6, 6.07) is 16.1. The van der Waals surface area contributed by atoms with Crippen molar-refractivity contribution in [2.24, 2.45) is 0 Å². The lowest BCUT2D eigenvalue weighted by Gasteiger charge is -2.25. The number of halogens is 3. The van der Waals surface area contributed by atoms with Crippen LogP contribution >= 0.6 is 0 Å². The minimum absolute atomic E-state index is 0.0178. The topological polar surface area (TPSA) is 101 Å². The summed E-state index contributed by atoms with van der Waals surface area (Å²) in [5.41, 5.74) is 0.622. The summed E-state index contributed by atoms with van der Waals surface area (Å²) < 4.78 is 45.3. The van der Waals surface area contributed by atoms with E-state index in [1.165, 1.54) is 4.40 Å². The molecule has 6 rings (SSSR count). The normalized spacial score (nSPS) is 12.6. The third kappa shape index (κ3) is 3.95. The van der Waals surface area contributed by atoms with Crippen LogP contribution in [0.4, 0.5) is 19.0 Å². The van der Waals surface area contributed by atoms with E-state index in [9.17, 15) is 28.0 Å². The van der Waals surface area contributed by atoms with Gasteiger partial charge in [-0.25, -0.2) is 18.0 Å². The lowest BCUT2D eigenvalue weighted by Crippen LogP contribution is -2.44. The lowest BCUT2D eigenvalue weighted by molar-refractivity contribution is 0.445. The SMILES string of the molecule is N#CCn1c(N2Cc3ccccc3C2)c(Cc2cc(F)c(F)c(F)c2)c(=O)n(-c2nnc3ccccn23)c1=O. The maximum absolute atomic E-state index is 14.1. The molecule has 5 aromatic rings. The van der Waals surface area contributed by atoms with Crippen LogP contribution in [0.15, 0.2) is 70.4 Å². The minimum atomic E-state index is -1.63. The number of nitrogens with zero attached hydrogens (tertiary/aromatic N) is 7. The second kappa shape index (κ2) is 9.29. The Morgan fingerprint density at radius 1 is 0.923 bits per heavy atom. The first-order chi connectivity index (χ1) is 18.9. The summed E-state index contributed by atoms with van der Waals surface area (Å²) in [5, 5.41) is 17.7. The Balaban J connectivity index is 1.64. The molecule has 0 saturated carbocycles. The van der Waals surface area contributed by atoms with Crippen LogP contribution in [-0.4, -0.2) is 23.7 Å². The molecule has 0 aliphatic carbocycles. The monoisotopic (exact) mass is 529 g/mol. The highest BCUT2D eigenvalue weighted by molar-refractivity contribution is 5.54. The summed E-state index contributed by atoms with van der Waals surface area (Å²) in [4.78, 5) is 29.7. The van der Waals surface area contributed by atoms with Gasteiger partial charge >= 0.3 is 5.69 Å². The number of fused-ring (bicyclic) bond motifs is 2. The Morgan fingerprint density at radius 2 is 1.59 bits per heavy atom. The first-order valence-corrected chi connectivity index (χ1v) is 11.9. The van der Waals surface area contributed by atoms with Crippen LogP contribution in [-0.2, 0) is 26.1 Å². The molecule has 0 unspecified atom stereocenters. The van der Waals surface area contributed by atoms with Gasteiger partial charge in [-0.2, -0.15) is 9.83 Å². The van der Waals surface area contributed by atoms with Crippen LogP contribution in [0.3, 0.4) is 0 Å². The molecular formula is C27H18F3N7O2. The van der Waals surface area contributed by atoms with E-state index >= 15 is 0 Å². The van der Waals surface area contributed by atoms with Crippen LogP contribution in [0, 0.1) is 28.8 Å². The van der Waals surface area contributed by atoms with Crippen molar-refractivity contribution in [1.82, 2.24) is 23.7 Å². The fourth-order valence-corrected chi connectivity index (χ4v) is 4.98. The van der Waals surface area contributed by atoms with Crippen molar-refractivity contribution in [3.63, 3.8) is 0 Å². The highest BCUT2D eigenvalue weighted by Crippen LogP contribution is 2.30. The minimum Gasteiger partial charge on any atom is -0.349 e. The first kappa shape index (κ1) is 24.2. The molecule has 3 aromatic heterocycles. The number of anilines is 1. The van der Waals surface area contributed by atoms with Gasteiger partial charge in [-0.05, 0) is 41.0 Å². The van der Waals surface area contributed by atoms with Crippen molar-refractivity contribution < 1.29 is 13.2 Å². The number of benzene rings is 2. The molecule has 0 spiro atoms. The average molecular weight is 529 g/mol. The third-order valence-corrected chi connectivity index (χ3v) is 6.70. The molecule has 0 bridgehead atoms. The Hall–Kier alpha value is -5.18. The Labute approximate surface area is 218 Å². The number of pyridine rings is 1. The van der Waals surface area contributed by atoms with Crippen LogP contribution in [0.25, 0.3) is 11.6 Å². The predicted molar refractivity (Wildman–Crippen MR) is 134 cm³/mol. The molecule has 1 aliphatic rings. The zero-order valence-electron chi connectivity index (χ0n) is 20.2. The smallest absolute Gasteiger partial charge is 0.340 e. The van der Waals surface area contributed by atoms with Crippen LogP contribution in [0.1, 0.15) is 22.3 Å². The molecule has 0 radical (unpaired) electrons. The van der Waals surface area contributed by atoms with Crippen LogP contribution in [0.2, 0.25) is 0 Å². The quantitative estimate of drug-likeness (QED) is 0.325. The van der Waals surface area contributed by atoms with Crippen molar-refractivity contribution in [1.29, 1.82) is 5.26 Å². The van der Waals surface area contributed by atoms with Crippen molar-refractivity contribution in [2.75, 3.05) is 4.90 Å². The predicted octanol–water partition coefficient (Wildman–Crippen LogP) is 3.09. The Morgan fingerprint density at radius 3 is 2.26 bits per heavy atom. The van der Waals surface area contributed by atoms with Gasteiger partial charge in [-0.15, -0.1) is 10.2 Å². The number of nitriles is 1. The molecule has 0 atom stereocenters. The lowest BCUT2D eigenvalue weighted by atomic mass is 10.0. The molecule has 1 aliphatic heterocycles. The maximum atomic E-state index is 14.1. The summed E-state index contributed by atoms with van der Waals surface area (Å²) in [7, 11) is 0. The molecule has 194 valence electrons. The van der Waals surface area contributed by atoms with Gasteiger partial charge in [0, 0.05) is 25.7 Å². The Bertz CT molecular complexity index is 1890. The molecule has 9 nitrogen and oxygen atoms in total. The van der Waals surface area contributed by atoms with Crippen LogP contribution < -0.4 is 16.1 Å². The van der Waals surface area contributed by atoms with E-state index in [2.05, 4.69) is 10.2 Å². The molecule has 0 saturated heterocycles. The number of hydrogen-bond acceptors (Lipinski definition) is 6. The zero-order chi connectivity index (χ0) is 27.3. The van der Waals surface area contributed by atoms with Gasteiger partial charge in [-0.1, -0.05) is 30.3 Å². The van der Waals surface area contributed by atoms with Gasteiger partial charge in [0.2, 0.25) is 5.95 Å². The fraction of sp³-hybridized carbons (Fsp3) is 0.148. The largest absolute Gasteiger partial charge is 0.349 e. The van der Waals surface area contributed by atoms with Gasteiger partial charge in [0.15, 0.2) is 23.1 Å². The van der Waals surface area contributed by atoms with Gasteiger partial charge in [0.25, 0.3) is 5.56 Å². The van der Waals surface area contributed by atoms with E-state index in [4.69, 9.17) is 0 Å². The summed E-state index contributed by atoms with van der Waals surface area (Å²) in [6.45, 7) is 0.242. The molecule has 0 fully saturated rings. The van der Waals surface area contributed by atoms with E-state index in [0.717, 1.165) is 32.4 Å². The second-order valence-corrected chi connectivity index (χ2v) is 9.07. The van der Waals surface area contributed by atoms with Gasteiger partial charge in [0.1, 0.15) is 12.4 Å². The van der Waals surface area contributed by atoms with E-state index in [-0.39, 0.29) is 29.3 Å². The van der Waals surface area contributed by atoms with Crippen molar-refractivity contribution in [2.45, 2.75) is 26.1 Å². The van der Waals surface area contributed by atoms with E-state index in [0.29, 0.717) is 18.7 Å². The average Bonchev–Trinajstić information content (AvgIpc) is 3.55. The Kier molecular flexibility index (Phi) is 5.76. The zero-order valence-corrected chi connectivity index (χ0v) is 20.2. The molecule has 2 aromatic carbocycles. The van der Waals surface area contributed by atoms with Crippen molar-refractivity contribution >= 4 is 11.5 Å². The molecule has 0 N–H and O–H groups in total. The molecule has 0 amide bonds. The van der Waals surface area contributed by atoms with Gasteiger partial charge in [0.05, 0.1) is 11.6 Å². The standard InChI is InChI=1S/C27H18F3N7O2/c28-20-12-16(13-21(29)23(20)30)11-19-24(34-14-17-5-1-2-6-18(17)15-34)36(10-8-31)27(39)37(25(19)38)26-33-32-22-7-3-4-9-35(22)26/h1-7,9,12-13H,10-11,14-15H2. The summed E-state index contributed by atoms with van der Waals surface area (Å²) >= 11 is 0. The fourth-order valence-electron chi connectivity index (χ4n) is 4.98. The second-order valence-electron chi connectivity index (χ2n) is 9.07. The van der Waals surface area contributed by atoms with Gasteiger partial charge < -0.3 is 4.90 Å². The molecule has 4 heterocycles. The number of rotatable bonds is 5. The molecule has 12 heteroatoms. The summed E-state index contributed by atoms with van der Waals surface area (Å²) in [6.07, 6.45) is 1.22. The van der Waals surface area contributed by atoms with Crippen molar-refractivity contribution in [3.8, 4) is 12.0 Å². The summed E-state index contributed by atoms with van der Waals surface area (Å²) in [5.74, 6) is -4.42. The highest BCUT2D eigenvalue weighted by atomic mass is 19.2. The third-order valence-electron chi connectivity index (χ3n) is 6.70. The first-order valence-electron chi connectivity index (χ1n) is 11.9. The highest BCUT2D eigenvalue weighted by Gasteiger charge is 2.29. The van der Waals surface area contributed by atoms with E-state index < -0.39 is 35.2 Å². The maximum Gasteiger partial charge on any atom is 0.340 e. The number of hydrogen-bond donors (Lipinski definition) is 0. The van der Waals surface area contributed by atoms with Gasteiger partial charge in [-0.3, -0.25) is 13.8 Å². The van der Waals surface area contributed by atoms with Crippen molar-refractivity contribution in [3.05, 3.63) is 121 Å². The van der Waals surface area contributed by atoms with E-state index in [1.54, 1.807) is 29.3 Å². The van der Waals surface area contributed by atoms with Crippen LogP contribution in [0.5, 0.6) is 0 Å². The molecule has 39 heavy (non-hydrogen) atoms.